The Morgan fingerprint density at radius 3 is 2.46 bits per heavy atom. The van der Waals surface area contributed by atoms with Gasteiger partial charge in [0, 0.05) is 0 Å². The van der Waals surface area contributed by atoms with Gasteiger partial charge in [-0.2, -0.15) is 0 Å². The molecule has 0 amide bonds. The van der Waals surface area contributed by atoms with E-state index in [1.807, 2.05) is 24.3 Å². The summed E-state index contributed by atoms with van der Waals surface area (Å²) in [5.41, 5.74) is 1.24. The predicted octanol–water partition coefficient (Wildman–Crippen LogP) is 2.39. The molecule has 0 N–H and O–H groups in total. The molecule has 0 spiro atoms. The molecule has 0 fully saturated rings. The number of carbonyl (C=O) groups excluding carboxylic acids is 1. The first-order valence-electron chi connectivity index (χ1n) is 4.12. The number of halogens is 1. The lowest BCUT2D eigenvalue weighted by atomic mass is 10.2. The zero-order valence-electron chi connectivity index (χ0n) is 7.42. The number of aryl methyl sites for hydroxylation is 1. The standard InChI is InChI=1S/C10H11ClO2/c1-2-8-3-5-9(6-4-8)13-7-10(11)12/h3-6H,2,7H2,1H3. The number of carbonyl (C=O) groups is 1. The van der Waals surface area contributed by atoms with Gasteiger partial charge < -0.3 is 4.74 Å². The number of hydrogen-bond acceptors (Lipinski definition) is 2. The summed E-state index contributed by atoms with van der Waals surface area (Å²) in [4.78, 5) is 10.4. The second kappa shape index (κ2) is 4.87. The van der Waals surface area contributed by atoms with Crippen LogP contribution in [0.25, 0.3) is 0 Å². The van der Waals surface area contributed by atoms with Gasteiger partial charge in [0.25, 0.3) is 5.24 Å². The van der Waals surface area contributed by atoms with Gasteiger partial charge in [0.15, 0.2) is 6.61 Å². The quantitative estimate of drug-likeness (QED) is 0.695. The highest BCUT2D eigenvalue weighted by molar-refractivity contribution is 6.63. The van der Waals surface area contributed by atoms with Crippen LogP contribution in [0.15, 0.2) is 24.3 Å². The summed E-state index contributed by atoms with van der Waals surface area (Å²) in [5.74, 6) is 0.672. The maximum Gasteiger partial charge on any atom is 0.259 e. The van der Waals surface area contributed by atoms with Gasteiger partial charge >= 0.3 is 0 Å². The molecule has 0 unspecified atom stereocenters. The number of benzene rings is 1. The SMILES string of the molecule is CCc1ccc(OCC(=O)Cl)cc1. The molecular weight excluding hydrogens is 188 g/mol. The normalized spacial score (nSPS) is 9.69. The number of rotatable bonds is 4. The molecular formula is C10H11ClO2. The third-order valence-corrected chi connectivity index (χ3v) is 1.79. The van der Waals surface area contributed by atoms with E-state index in [1.165, 1.54) is 5.56 Å². The van der Waals surface area contributed by atoms with E-state index in [1.54, 1.807) is 0 Å². The molecule has 0 heterocycles. The van der Waals surface area contributed by atoms with Crippen LogP contribution in [0, 0.1) is 0 Å². The molecule has 0 bridgehead atoms. The van der Waals surface area contributed by atoms with Crippen molar-refractivity contribution in [2.45, 2.75) is 13.3 Å². The van der Waals surface area contributed by atoms with Crippen molar-refractivity contribution < 1.29 is 9.53 Å². The van der Waals surface area contributed by atoms with Crippen molar-refractivity contribution in [2.24, 2.45) is 0 Å². The Morgan fingerprint density at radius 2 is 2.00 bits per heavy atom. The van der Waals surface area contributed by atoms with Gasteiger partial charge in [0.2, 0.25) is 0 Å². The second-order valence-corrected chi connectivity index (χ2v) is 3.06. The van der Waals surface area contributed by atoms with Crippen molar-refractivity contribution in [3.63, 3.8) is 0 Å². The lowest BCUT2D eigenvalue weighted by Crippen LogP contribution is -2.04. The first-order valence-corrected chi connectivity index (χ1v) is 4.50. The molecule has 1 rings (SSSR count). The smallest absolute Gasteiger partial charge is 0.259 e. The Labute approximate surface area is 82.5 Å². The van der Waals surface area contributed by atoms with Gasteiger partial charge in [0.1, 0.15) is 5.75 Å². The van der Waals surface area contributed by atoms with Crippen LogP contribution in [0.4, 0.5) is 0 Å². The molecule has 0 aliphatic rings. The Kier molecular flexibility index (Phi) is 3.77. The van der Waals surface area contributed by atoms with E-state index in [2.05, 4.69) is 6.92 Å². The molecule has 0 aliphatic heterocycles. The largest absolute Gasteiger partial charge is 0.484 e. The molecule has 70 valence electrons. The minimum atomic E-state index is -0.487. The summed E-state index contributed by atoms with van der Waals surface area (Å²) < 4.78 is 5.09. The average molecular weight is 199 g/mol. The van der Waals surface area contributed by atoms with Crippen LogP contribution in [-0.4, -0.2) is 11.8 Å². The van der Waals surface area contributed by atoms with Gasteiger partial charge in [0.05, 0.1) is 0 Å². The monoisotopic (exact) mass is 198 g/mol. The fraction of sp³-hybridized carbons (Fsp3) is 0.300. The minimum absolute atomic E-state index is 0.0764. The van der Waals surface area contributed by atoms with Crippen molar-refractivity contribution in [2.75, 3.05) is 6.61 Å². The lowest BCUT2D eigenvalue weighted by Gasteiger charge is -2.03. The first kappa shape index (κ1) is 10.1. The number of hydrogen-bond donors (Lipinski definition) is 0. The van der Waals surface area contributed by atoms with Crippen molar-refractivity contribution in [1.82, 2.24) is 0 Å². The summed E-state index contributed by atoms with van der Waals surface area (Å²) in [6, 6.07) is 7.60. The predicted molar refractivity (Wildman–Crippen MR) is 52.2 cm³/mol. The van der Waals surface area contributed by atoms with Crippen LogP contribution in [0.1, 0.15) is 12.5 Å². The zero-order chi connectivity index (χ0) is 9.68. The van der Waals surface area contributed by atoms with Crippen LogP contribution in [0.3, 0.4) is 0 Å². The van der Waals surface area contributed by atoms with Gasteiger partial charge in [-0.3, -0.25) is 4.79 Å². The molecule has 1 aromatic carbocycles. The van der Waals surface area contributed by atoms with Gasteiger partial charge in [-0.1, -0.05) is 19.1 Å². The van der Waals surface area contributed by atoms with Gasteiger partial charge in [-0.05, 0) is 35.7 Å². The molecule has 0 saturated heterocycles. The molecule has 13 heavy (non-hydrogen) atoms. The molecule has 1 aromatic rings. The average Bonchev–Trinajstić information content (AvgIpc) is 2.15. The summed E-state index contributed by atoms with van der Waals surface area (Å²) in [7, 11) is 0. The van der Waals surface area contributed by atoms with Crippen molar-refractivity contribution in [3.8, 4) is 5.75 Å². The minimum Gasteiger partial charge on any atom is -0.484 e. The van der Waals surface area contributed by atoms with Crippen LogP contribution >= 0.6 is 11.6 Å². The Morgan fingerprint density at radius 1 is 1.38 bits per heavy atom. The van der Waals surface area contributed by atoms with Crippen LogP contribution in [0.2, 0.25) is 0 Å². The fourth-order valence-electron chi connectivity index (χ4n) is 0.961. The highest BCUT2D eigenvalue weighted by Crippen LogP contribution is 2.12. The third kappa shape index (κ3) is 3.47. The Hall–Kier alpha value is -1.02. The van der Waals surface area contributed by atoms with E-state index < -0.39 is 5.24 Å². The molecule has 3 heteroatoms. The topological polar surface area (TPSA) is 26.3 Å². The van der Waals surface area contributed by atoms with E-state index in [4.69, 9.17) is 16.3 Å². The van der Waals surface area contributed by atoms with E-state index in [0.717, 1.165) is 6.42 Å². The van der Waals surface area contributed by atoms with Gasteiger partial charge in [-0.15, -0.1) is 0 Å². The van der Waals surface area contributed by atoms with E-state index >= 15 is 0 Å². The second-order valence-electron chi connectivity index (χ2n) is 2.64. The van der Waals surface area contributed by atoms with Crippen LogP contribution in [0.5, 0.6) is 5.75 Å². The first-order chi connectivity index (χ1) is 6.22. The highest BCUT2D eigenvalue weighted by Gasteiger charge is 1.97. The summed E-state index contributed by atoms with van der Waals surface area (Å²) in [5, 5.41) is -0.487. The molecule has 0 radical (unpaired) electrons. The Balaban J connectivity index is 2.54. The van der Waals surface area contributed by atoms with Crippen molar-refractivity contribution >= 4 is 16.8 Å². The molecule has 2 nitrogen and oxygen atoms in total. The summed E-state index contributed by atoms with van der Waals surface area (Å²) in [6.45, 7) is 2.01. The molecule has 0 aromatic heterocycles. The highest BCUT2D eigenvalue weighted by atomic mass is 35.5. The van der Waals surface area contributed by atoms with Gasteiger partial charge in [-0.25, -0.2) is 0 Å². The van der Waals surface area contributed by atoms with Crippen LogP contribution in [-0.2, 0) is 11.2 Å². The maximum atomic E-state index is 10.4. The fourth-order valence-corrected chi connectivity index (χ4v) is 1.02. The van der Waals surface area contributed by atoms with E-state index in [0.29, 0.717) is 5.75 Å². The molecule has 0 atom stereocenters. The van der Waals surface area contributed by atoms with Crippen molar-refractivity contribution in [3.05, 3.63) is 29.8 Å². The number of ether oxygens (including phenoxy) is 1. The molecule has 0 aliphatic carbocycles. The van der Waals surface area contributed by atoms with E-state index in [-0.39, 0.29) is 6.61 Å². The Bertz CT molecular complexity index is 279. The summed E-state index contributed by atoms with van der Waals surface area (Å²) >= 11 is 5.12. The zero-order valence-corrected chi connectivity index (χ0v) is 8.17. The van der Waals surface area contributed by atoms with Crippen molar-refractivity contribution in [1.29, 1.82) is 0 Å². The van der Waals surface area contributed by atoms with Crippen LogP contribution < -0.4 is 4.74 Å². The summed E-state index contributed by atoms with van der Waals surface area (Å²) in [6.07, 6.45) is 0.995. The third-order valence-electron chi connectivity index (χ3n) is 1.68. The molecule has 0 saturated carbocycles. The van der Waals surface area contributed by atoms with E-state index in [9.17, 15) is 4.79 Å². The lowest BCUT2D eigenvalue weighted by molar-refractivity contribution is -0.113. The maximum absolute atomic E-state index is 10.4.